The first-order chi connectivity index (χ1) is 11.0. The van der Waals surface area contributed by atoms with Gasteiger partial charge in [-0.25, -0.2) is 4.79 Å². The number of carbonyl (C=O) groups excluding carboxylic acids is 2. The Morgan fingerprint density at radius 3 is 3.04 bits per heavy atom. The summed E-state index contributed by atoms with van der Waals surface area (Å²) in [4.78, 5) is 25.6. The van der Waals surface area contributed by atoms with Crippen LogP contribution in [0.1, 0.15) is 31.2 Å². The molecule has 0 bridgehead atoms. The molecule has 0 radical (unpaired) electrons. The summed E-state index contributed by atoms with van der Waals surface area (Å²) >= 11 is 6.07. The zero-order valence-electron chi connectivity index (χ0n) is 13.2. The number of halogens is 1. The highest BCUT2D eigenvalue weighted by atomic mass is 35.5. The molecule has 2 fully saturated rings. The number of morpholine rings is 1. The normalized spacial score (nSPS) is 27.0. The number of quaternary nitrogens is 1. The van der Waals surface area contributed by atoms with Crippen molar-refractivity contribution in [3.05, 3.63) is 28.8 Å². The fraction of sp³-hybridized carbons (Fsp3) is 0.529. The molecule has 0 saturated carbocycles. The molecule has 5 nitrogen and oxygen atoms in total. The van der Waals surface area contributed by atoms with E-state index >= 15 is 0 Å². The van der Waals surface area contributed by atoms with E-state index in [4.69, 9.17) is 16.3 Å². The average molecular weight is 338 g/mol. The minimum Gasteiger partial charge on any atom is -0.455 e. The Labute approximate surface area is 140 Å². The predicted molar refractivity (Wildman–Crippen MR) is 87.7 cm³/mol. The van der Waals surface area contributed by atoms with Crippen LogP contribution in [0.2, 0.25) is 5.02 Å². The molecule has 1 aromatic carbocycles. The number of hydrogen-bond acceptors (Lipinski definition) is 3. The molecule has 0 spiro atoms. The van der Waals surface area contributed by atoms with Gasteiger partial charge in [-0.15, -0.1) is 0 Å². The highest BCUT2D eigenvalue weighted by Gasteiger charge is 2.43. The van der Waals surface area contributed by atoms with E-state index in [2.05, 4.69) is 5.32 Å². The van der Waals surface area contributed by atoms with E-state index in [1.807, 2.05) is 19.1 Å². The number of carbonyl (C=O) groups is 2. The first-order valence-electron chi connectivity index (χ1n) is 8.13. The van der Waals surface area contributed by atoms with Gasteiger partial charge in [0.15, 0.2) is 6.04 Å². The molecule has 1 aromatic rings. The van der Waals surface area contributed by atoms with Gasteiger partial charge >= 0.3 is 5.97 Å². The van der Waals surface area contributed by atoms with Crippen LogP contribution < -0.4 is 10.2 Å². The molecular weight excluding hydrogens is 316 g/mol. The highest BCUT2D eigenvalue weighted by molar-refractivity contribution is 6.31. The largest absolute Gasteiger partial charge is 0.455 e. The number of benzene rings is 1. The Morgan fingerprint density at radius 2 is 2.26 bits per heavy atom. The molecule has 3 rings (SSSR count). The second-order valence-corrected chi connectivity index (χ2v) is 6.82. The lowest BCUT2D eigenvalue weighted by molar-refractivity contribution is -0.951. The van der Waals surface area contributed by atoms with Gasteiger partial charge in [0.1, 0.15) is 12.6 Å². The third-order valence-electron chi connectivity index (χ3n) is 4.80. The van der Waals surface area contributed by atoms with Crippen molar-refractivity contribution in [2.24, 2.45) is 0 Å². The minimum absolute atomic E-state index is 0.149. The van der Waals surface area contributed by atoms with Gasteiger partial charge in [-0.1, -0.05) is 17.7 Å². The van der Waals surface area contributed by atoms with Gasteiger partial charge in [0.25, 0.3) is 0 Å². The van der Waals surface area contributed by atoms with Crippen molar-refractivity contribution in [3.63, 3.8) is 0 Å². The van der Waals surface area contributed by atoms with E-state index in [1.165, 1.54) is 11.3 Å². The van der Waals surface area contributed by atoms with Crippen LogP contribution in [0.3, 0.4) is 0 Å². The number of anilines is 1. The number of rotatable bonds is 3. The lowest BCUT2D eigenvalue weighted by atomic mass is 9.97. The third kappa shape index (κ3) is 3.67. The quantitative estimate of drug-likeness (QED) is 0.818. The molecule has 3 atom stereocenters. The molecule has 0 aromatic heterocycles. The lowest BCUT2D eigenvalue weighted by Crippen LogP contribution is -3.22. The van der Waals surface area contributed by atoms with Crippen molar-refractivity contribution in [3.8, 4) is 0 Å². The second kappa shape index (κ2) is 6.89. The van der Waals surface area contributed by atoms with E-state index in [-0.39, 0.29) is 18.3 Å². The van der Waals surface area contributed by atoms with E-state index in [9.17, 15) is 9.59 Å². The molecular formula is C17H22ClN2O3+. The summed E-state index contributed by atoms with van der Waals surface area (Å²) in [5.74, 6) is -0.430. The number of esters is 1. The van der Waals surface area contributed by atoms with Gasteiger partial charge in [0, 0.05) is 17.1 Å². The van der Waals surface area contributed by atoms with E-state index in [1.54, 1.807) is 6.07 Å². The molecule has 6 heteroatoms. The fourth-order valence-corrected chi connectivity index (χ4v) is 3.66. The fourth-order valence-electron chi connectivity index (χ4n) is 3.48. The molecule has 0 aliphatic carbocycles. The molecule has 2 aliphatic heterocycles. The van der Waals surface area contributed by atoms with Crippen molar-refractivity contribution in [1.29, 1.82) is 0 Å². The average Bonchev–Trinajstić information content (AvgIpc) is 2.54. The monoisotopic (exact) mass is 337 g/mol. The van der Waals surface area contributed by atoms with Gasteiger partial charge < -0.3 is 15.0 Å². The first-order valence-corrected chi connectivity index (χ1v) is 8.50. The Bertz CT molecular complexity index is 620. The van der Waals surface area contributed by atoms with Crippen LogP contribution >= 0.6 is 11.6 Å². The van der Waals surface area contributed by atoms with E-state index in [0.29, 0.717) is 23.4 Å². The zero-order chi connectivity index (χ0) is 16.4. The summed E-state index contributed by atoms with van der Waals surface area (Å²) < 4.78 is 5.29. The van der Waals surface area contributed by atoms with Crippen molar-refractivity contribution < 1.29 is 19.2 Å². The van der Waals surface area contributed by atoms with Crippen LogP contribution in [0.5, 0.6) is 0 Å². The number of aryl methyl sites for hydroxylation is 1. The molecule has 124 valence electrons. The second-order valence-electron chi connectivity index (χ2n) is 6.42. The van der Waals surface area contributed by atoms with Gasteiger partial charge in [0.05, 0.1) is 13.0 Å². The Kier molecular flexibility index (Phi) is 4.87. The molecule has 1 unspecified atom stereocenters. The number of nitrogens with one attached hydrogen (secondary N) is 2. The summed E-state index contributed by atoms with van der Waals surface area (Å²) in [5, 5.41) is 3.44. The molecule has 2 aliphatic rings. The number of fused-ring (bicyclic) bond motifs is 1. The number of ether oxygens (including phenoxy) is 1. The molecule has 2 heterocycles. The number of cyclic esters (lactones) is 1. The standard InChI is InChI=1S/C17H21ClN2O3/c1-11-5-6-12(8-14(11)18)19-16(21)9-15-17(22)23-10-13-4-2-3-7-20(13)15/h5-6,8,13,15H,2-4,7,9-10H2,1H3,(H,19,21)/p+1/t13-,15+/m1/s1. The van der Waals surface area contributed by atoms with E-state index < -0.39 is 6.04 Å². The molecule has 1 amide bonds. The third-order valence-corrected chi connectivity index (χ3v) is 5.20. The zero-order valence-corrected chi connectivity index (χ0v) is 14.0. The lowest BCUT2D eigenvalue weighted by Gasteiger charge is -2.40. The van der Waals surface area contributed by atoms with Crippen LogP contribution in [0.25, 0.3) is 0 Å². The highest BCUT2D eigenvalue weighted by Crippen LogP contribution is 2.20. The number of piperidine rings is 1. The molecule has 2 N–H and O–H groups in total. The first kappa shape index (κ1) is 16.3. The van der Waals surface area contributed by atoms with Crippen molar-refractivity contribution in [2.75, 3.05) is 18.5 Å². The minimum atomic E-state index is -0.394. The van der Waals surface area contributed by atoms with Crippen LogP contribution in [-0.4, -0.2) is 37.1 Å². The summed E-state index contributed by atoms with van der Waals surface area (Å²) in [6.07, 6.45) is 3.49. The SMILES string of the molecule is Cc1ccc(NC(=O)C[C@H]2C(=O)OC[C@H]3CCCC[NH+]32)cc1Cl. The summed E-state index contributed by atoms with van der Waals surface area (Å²) in [6.45, 7) is 3.33. The summed E-state index contributed by atoms with van der Waals surface area (Å²) in [6, 6.07) is 5.35. The Hall–Kier alpha value is -1.59. The maximum Gasteiger partial charge on any atom is 0.365 e. The van der Waals surface area contributed by atoms with Gasteiger partial charge in [-0.3, -0.25) is 4.79 Å². The van der Waals surface area contributed by atoms with Crippen LogP contribution in [0, 0.1) is 6.92 Å². The topological polar surface area (TPSA) is 59.8 Å². The number of hydrogen-bond donors (Lipinski definition) is 2. The summed E-state index contributed by atoms with van der Waals surface area (Å²) in [5.41, 5.74) is 1.61. The Balaban J connectivity index is 1.65. The maximum absolute atomic E-state index is 12.3. The van der Waals surface area contributed by atoms with Crippen molar-refractivity contribution in [2.45, 2.75) is 44.7 Å². The van der Waals surface area contributed by atoms with Crippen molar-refractivity contribution >= 4 is 29.2 Å². The molecule has 23 heavy (non-hydrogen) atoms. The van der Waals surface area contributed by atoms with Gasteiger partial charge in [-0.05, 0) is 37.5 Å². The smallest absolute Gasteiger partial charge is 0.365 e. The van der Waals surface area contributed by atoms with E-state index in [0.717, 1.165) is 24.9 Å². The van der Waals surface area contributed by atoms with Gasteiger partial charge in [-0.2, -0.15) is 0 Å². The maximum atomic E-state index is 12.3. The Morgan fingerprint density at radius 1 is 1.43 bits per heavy atom. The van der Waals surface area contributed by atoms with Crippen LogP contribution in [-0.2, 0) is 14.3 Å². The van der Waals surface area contributed by atoms with Gasteiger partial charge in [0.2, 0.25) is 5.91 Å². The van der Waals surface area contributed by atoms with Crippen LogP contribution in [0.4, 0.5) is 5.69 Å². The molecule has 2 saturated heterocycles. The number of amides is 1. The van der Waals surface area contributed by atoms with Crippen molar-refractivity contribution in [1.82, 2.24) is 0 Å². The predicted octanol–water partition coefficient (Wildman–Crippen LogP) is 1.34. The summed E-state index contributed by atoms with van der Waals surface area (Å²) in [7, 11) is 0. The van der Waals surface area contributed by atoms with Crippen LogP contribution in [0.15, 0.2) is 18.2 Å².